The van der Waals surface area contributed by atoms with Gasteiger partial charge in [-0.15, -0.1) is 0 Å². The molecule has 1 heterocycles. The molecule has 2 aromatic carbocycles. The summed E-state index contributed by atoms with van der Waals surface area (Å²) in [4.78, 5) is 8.47. The number of aryl methyl sites for hydroxylation is 1. The van der Waals surface area contributed by atoms with E-state index in [9.17, 15) is 0 Å². The molecule has 5 nitrogen and oxygen atoms in total. The van der Waals surface area contributed by atoms with Crippen LogP contribution in [0, 0.1) is 6.92 Å². The highest BCUT2D eigenvalue weighted by Crippen LogP contribution is 2.25. The van der Waals surface area contributed by atoms with Crippen molar-refractivity contribution >= 4 is 23.0 Å². The van der Waals surface area contributed by atoms with Crippen LogP contribution in [0.4, 0.5) is 23.0 Å². The van der Waals surface area contributed by atoms with Gasteiger partial charge in [0.1, 0.15) is 12.0 Å². The second-order valence-corrected chi connectivity index (χ2v) is 5.64. The van der Waals surface area contributed by atoms with Gasteiger partial charge in [-0.05, 0) is 31.0 Å². The molecule has 0 bridgehead atoms. The van der Waals surface area contributed by atoms with Crippen molar-refractivity contribution in [3.63, 3.8) is 0 Å². The highest BCUT2D eigenvalue weighted by atomic mass is 15.1. The number of benzene rings is 2. The molecule has 0 radical (unpaired) electrons. The Hall–Kier alpha value is -3.08. The summed E-state index contributed by atoms with van der Waals surface area (Å²) in [5.74, 6) is 1.26. The smallest absolute Gasteiger partial charge is 0.159 e. The summed E-state index contributed by atoms with van der Waals surface area (Å²) in [6.07, 6.45) is 2.42. The Morgan fingerprint density at radius 2 is 1.62 bits per heavy atom. The number of nitrogen functional groups attached to an aromatic ring is 1. The summed E-state index contributed by atoms with van der Waals surface area (Å²) < 4.78 is 0. The van der Waals surface area contributed by atoms with Crippen molar-refractivity contribution in [3.05, 3.63) is 72.1 Å². The van der Waals surface area contributed by atoms with Crippen molar-refractivity contribution in [2.45, 2.75) is 13.3 Å². The van der Waals surface area contributed by atoms with E-state index in [2.05, 4.69) is 39.7 Å². The van der Waals surface area contributed by atoms with Gasteiger partial charge in [-0.2, -0.15) is 0 Å². The Labute approximate surface area is 142 Å². The Morgan fingerprint density at radius 1 is 0.917 bits per heavy atom. The van der Waals surface area contributed by atoms with Crippen LogP contribution in [0.15, 0.2) is 60.9 Å². The molecule has 0 amide bonds. The molecule has 0 aliphatic heterocycles. The molecule has 0 aliphatic rings. The lowest BCUT2D eigenvalue weighted by Crippen LogP contribution is -2.10. The monoisotopic (exact) mass is 319 g/mol. The molecule has 4 N–H and O–H groups in total. The van der Waals surface area contributed by atoms with Crippen molar-refractivity contribution in [1.29, 1.82) is 0 Å². The molecule has 3 aromatic rings. The van der Waals surface area contributed by atoms with Crippen LogP contribution in [0.3, 0.4) is 0 Å². The third-order valence-electron chi connectivity index (χ3n) is 3.75. The van der Waals surface area contributed by atoms with Gasteiger partial charge in [-0.1, -0.05) is 48.0 Å². The number of rotatable bonds is 6. The Bertz CT molecular complexity index is 785. The quantitative estimate of drug-likeness (QED) is 0.645. The fraction of sp³-hybridized carbons (Fsp3) is 0.158. The van der Waals surface area contributed by atoms with Crippen molar-refractivity contribution in [2.75, 3.05) is 22.9 Å². The molecular formula is C19H21N5. The fourth-order valence-corrected chi connectivity index (χ4v) is 2.38. The lowest BCUT2D eigenvalue weighted by molar-refractivity contribution is 1.00. The van der Waals surface area contributed by atoms with E-state index in [0.717, 1.165) is 18.7 Å². The average molecular weight is 319 g/mol. The van der Waals surface area contributed by atoms with Crippen molar-refractivity contribution in [3.8, 4) is 0 Å². The molecule has 122 valence electrons. The van der Waals surface area contributed by atoms with Crippen LogP contribution in [0.2, 0.25) is 0 Å². The van der Waals surface area contributed by atoms with Gasteiger partial charge in [0.2, 0.25) is 0 Å². The van der Waals surface area contributed by atoms with Gasteiger partial charge in [-0.25, -0.2) is 9.97 Å². The number of anilines is 4. The van der Waals surface area contributed by atoms with E-state index in [-0.39, 0.29) is 0 Å². The molecule has 0 unspecified atom stereocenters. The zero-order valence-electron chi connectivity index (χ0n) is 13.7. The second-order valence-electron chi connectivity index (χ2n) is 5.64. The summed E-state index contributed by atoms with van der Waals surface area (Å²) >= 11 is 0. The van der Waals surface area contributed by atoms with Crippen LogP contribution in [-0.4, -0.2) is 16.5 Å². The number of hydrogen-bond acceptors (Lipinski definition) is 5. The minimum atomic E-state index is 0.520. The van der Waals surface area contributed by atoms with Crippen molar-refractivity contribution in [1.82, 2.24) is 9.97 Å². The van der Waals surface area contributed by atoms with Gasteiger partial charge >= 0.3 is 0 Å². The standard InChI is InChI=1S/C19H21N5/c1-14-7-9-16(10-8-14)24-19-17(20)18(22-13-23-19)21-12-11-15-5-3-2-4-6-15/h2-10,13H,11-12,20H2,1H3,(H2,21,22,23,24). The number of nitrogens with one attached hydrogen (secondary N) is 2. The van der Waals surface area contributed by atoms with E-state index in [1.54, 1.807) is 0 Å². The first kappa shape index (κ1) is 15.8. The highest BCUT2D eigenvalue weighted by molar-refractivity contribution is 5.77. The second kappa shape index (κ2) is 7.46. The van der Waals surface area contributed by atoms with E-state index < -0.39 is 0 Å². The largest absolute Gasteiger partial charge is 0.393 e. The van der Waals surface area contributed by atoms with Crippen LogP contribution in [0.1, 0.15) is 11.1 Å². The summed E-state index contributed by atoms with van der Waals surface area (Å²) in [5, 5.41) is 6.51. The minimum Gasteiger partial charge on any atom is -0.393 e. The maximum Gasteiger partial charge on any atom is 0.159 e. The molecule has 1 aromatic heterocycles. The highest BCUT2D eigenvalue weighted by Gasteiger charge is 2.08. The number of hydrogen-bond donors (Lipinski definition) is 3. The summed E-state index contributed by atoms with van der Waals surface area (Å²) in [5.41, 5.74) is 10.1. The van der Waals surface area contributed by atoms with Crippen LogP contribution in [0.25, 0.3) is 0 Å². The number of aromatic nitrogens is 2. The van der Waals surface area contributed by atoms with Gasteiger partial charge in [-0.3, -0.25) is 0 Å². The fourth-order valence-electron chi connectivity index (χ4n) is 2.38. The van der Waals surface area contributed by atoms with Gasteiger partial charge < -0.3 is 16.4 Å². The Kier molecular flexibility index (Phi) is 4.91. The molecule has 0 saturated carbocycles. The predicted molar refractivity (Wildman–Crippen MR) is 99.5 cm³/mol. The molecule has 0 fully saturated rings. The molecule has 0 saturated heterocycles. The SMILES string of the molecule is Cc1ccc(Nc2ncnc(NCCc3ccccc3)c2N)cc1. The summed E-state index contributed by atoms with van der Waals surface area (Å²) in [6, 6.07) is 18.4. The van der Waals surface area contributed by atoms with Crippen LogP contribution in [-0.2, 0) is 6.42 Å². The predicted octanol–water partition coefficient (Wildman–Crippen LogP) is 3.77. The third kappa shape index (κ3) is 4.01. The van der Waals surface area contributed by atoms with Gasteiger partial charge in [0.15, 0.2) is 11.6 Å². The number of nitrogens with two attached hydrogens (primary N) is 1. The zero-order chi connectivity index (χ0) is 16.8. The first-order valence-corrected chi connectivity index (χ1v) is 7.94. The molecule has 3 rings (SSSR count). The lowest BCUT2D eigenvalue weighted by atomic mass is 10.1. The molecule has 24 heavy (non-hydrogen) atoms. The van der Waals surface area contributed by atoms with Crippen LogP contribution < -0.4 is 16.4 Å². The molecule has 0 atom stereocenters. The first-order valence-electron chi connectivity index (χ1n) is 7.94. The maximum atomic E-state index is 6.19. The van der Waals surface area contributed by atoms with Gasteiger partial charge in [0.05, 0.1) is 0 Å². The van der Waals surface area contributed by atoms with E-state index in [1.165, 1.54) is 17.5 Å². The van der Waals surface area contributed by atoms with E-state index in [0.29, 0.717) is 17.3 Å². The van der Waals surface area contributed by atoms with Gasteiger partial charge in [0.25, 0.3) is 0 Å². The zero-order valence-corrected chi connectivity index (χ0v) is 13.7. The minimum absolute atomic E-state index is 0.520. The lowest BCUT2D eigenvalue weighted by Gasteiger charge is -2.12. The normalized spacial score (nSPS) is 10.4. The van der Waals surface area contributed by atoms with E-state index >= 15 is 0 Å². The maximum absolute atomic E-state index is 6.19. The van der Waals surface area contributed by atoms with Crippen molar-refractivity contribution < 1.29 is 0 Å². The van der Waals surface area contributed by atoms with E-state index in [1.807, 2.05) is 42.5 Å². The molecule has 0 aliphatic carbocycles. The Balaban J connectivity index is 1.65. The van der Waals surface area contributed by atoms with Crippen LogP contribution >= 0.6 is 0 Å². The van der Waals surface area contributed by atoms with Crippen LogP contribution in [0.5, 0.6) is 0 Å². The summed E-state index contributed by atoms with van der Waals surface area (Å²) in [7, 11) is 0. The molecule has 0 spiro atoms. The van der Waals surface area contributed by atoms with Crippen molar-refractivity contribution in [2.24, 2.45) is 0 Å². The third-order valence-corrected chi connectivity index (χ3v) is 3.75. The summed E-state index contributed by atoms with van der Waals surface area (Å²) in [6.45, 7) is 2.81. The Morgan fingerprint density at radius 3 is 2.38 bits per heavy atom. The topological polar surface area (TPSA) is 75.9 Å². The first-order chi connectivity index (χ1) is 11.7. The van der Waals surface area contributed by atoms with Gasteiger partial charge in [0, 0.05) is 12.2 Å². The average Bonchev–Trinajstić information content (AvgIpc) is 2.61. The number of nitrogens with zero attached hydrogens (tertiary/aromatic N) is 2. The van der Waals surface area contributed by atoms with E-state index in [4.69, 9.17) is 5.73 Å². The molecular weight excluding hydrogens is 298 g/mol. The molecule has 5 heteroatoms.